The molecule has 0 aliphatic heterocycles. The van der Waals surface area contributed by atoms with Crippen molar-refractivity contribution in [3.05, 3.63) is 240 Å². The van der Waals surface area contributed by atoms with Gasteiger partial charge in [-0.1, -0.05) is 163 Å². The van der Waals surface area contributed by atoms with E-state index in [4.69, 9.17) is 0 Å². The van der Waals surface area contributed by atoms with Crippen LogP contribution < -0.4 is 4.90 Å². The Morgan fingerprint density at radius 3 is 1.59 bits per heavy atom. The number of fused-ring (bicyclic) bond motifs is 8. The highest BCUT2D eigenvalue weighted by Crippen LogP contribution is 2.62. The summed E-state index contributed by atoms with van der Waals surface area (Å²) in [5.41, 5.74) is 19.6. The van der Waals surface area contributed by atoms with E-state index in [0.717, 1.165) is 17.1 Å². The van der Waals surface area contributed by atoms with Crippen molar-refractivity contribution < 1.29 is 0 Å². The molecule has 1 heterocycles. The average Bonchev–Trinajstić information content (AvgIpc) is 3.81. The number of hydrogen-bond acceptors (Lipinski definition) is 1. The van der Waals surface area contributed by atoms with E-state index >= 15 is 0 Å². The number of anilines is 3. The summed E-state index contributed by atoms with van der Waals surface area (Å²) in [7, 11) is 0. The molecule has 1 aromatic heterocycles. The second kappa shape index (κ2) is 12.7. The monoisotopic (exact) mass is 776 g/mol. The van der Waals surface area contributed by atoms with Crippen LogP contribution in [0.4, 0.5) is 17.1 Å². The largest absolute Gasteiger partial charge is 0.311 e. The topological polar surface area (TPSA) is 8.17 Å². The SMILES string of the molecule is Cc1ccc(N(c2ccc(C)cc2)c2ccc(-c3ccc4c5c3ccc3c5c5c(cccc5n3-c3cccc5ccccc35)C43c4ccccc4-c4ccccc43)cc2)cc1. The molecule has 61 heavy (non-hydrogen) atoms. The molecule has 0 radical (unpaired) electrons. The Kier molecular flexibility index (Phi) is 7.10. The minimum Gasteiger partial charge on any atom is -0.311 e. The molecule has 10 aromatic carbocycles. The highest BCUT2D eigenvalue weighted by Gasteiger charge is 2.50. The van der Waals surface area contributed by atoms with E-state index in [0.29, 0.717) is 0 Å². The van der Waals surface area contributed by atoms with Crippen molar-refractivity contribution in [1.29, 1.82) is 0 Å². The summed E-state index contributed by atoms with van der Waals surface area (Å²) in [5.74, 6) is 0. The molecule has 2 nitrogen and oxygen atoms in total. The molecule has 0 amide bonds. The lowest BCUT2D eigenvalue weighted by atomic mass is 9.63. The van der Waals surface area contributed by atoms with Crippen molar-refractivity contribution in [3.63, 3.8) is 0 Å². The van der Waals surface area contributed by atoms with Crippen molar-refractivity contribution in [3.8, 4) is 27.9 Å². The predicted molar refractivity (Wildman–Crippen MR) is 256 cm³/mol. The van der Waals surface area contributed by atoms with Gasteiger partial charge in [0.05, 0.1) is 22.1 Å². The van der Waals surface area contributed by atoms with Crippen molar-refractivity contribution in [1.82, 2.24) is 4.57 Å². The van der Waals surface area contributed by atoms with E-state index in [1.54, 1.807) is 0 Å². The zero-order valence-corrected chi connectivity index (χ0v) is 34.0. The minimum atomic E-state index is -0.484. The van der Waals surface area contributed by atoms with Crippen LogP contribution in [0.5, 0.6) is 0 Å². The fraction of sp³-hybridized carbons (Fsp3) is 0.0508. The fourth-order valence-electron chi connectivity index (χ4n) is 11.1. The maximum absolute atomic E-state index is 2.54. The molecule has 0 fully saturated rings. The number of rotatable bonds is 5. The van der Waals surface area contributed by atoms with Crippen LogP contribution in [0, 0.1) is 13.8 Å². The third-order valence-corrected chi connectivity index (χ3v) is 13.7. The highest BCUT2D eigenvalue weighted by molar-refractivity contribution is 6.28. The van der Waals surface area contributed by atoms with Gasteiger partial charge in [-0.2, -0.15) is 0 Å². The second-order valence-corrected chi connectivity index (χ2v) is 17.0. The maximum Gasteiger partial charge on any atom is 0.0726 e. The lowest BCUT2D eigenvalue weighted by Gasteiger charge is -2.38. The zero-order chi connectivity index (χ0) is 40.4. The molecular weight excluding hydrogens is 737 g/mol. The Morgan fingerprint density at radius 2 is 0.902 bits per heavy atom. The smallest absolute Gasteiger partial charge is 0.0726 e. The van der Waals surface area contributed by atoms with E-state index in [9.17, 15) is 0 Å². The Morgan fingerprint density at radius 1 is 0.361 bits per heavy atom. The van der Waals surface area contributed by atoms with Gasteiger partial charge in [0.1, 0.15) is 0 Å². The van der Waals surface area contributed by atoms with Crippen LogP contribution in [-0.2, 0) is 5.41 Å². The summed E-state index contributed by atoms with van der Waals surface area (Å²) >= 11 is 0. The van der Waals surface area contributed by atoms with Gasteiger partial charge in [-0.3, -0.25) is 0 Å². The molecule has 0 atom stereocenters. The van der Waals surface area contributed by atoms with Gasteiger partial charge in [0.15, 0.2) is 0 Å². The zero-order valence-electron chi connectivity index (χ0n) is 34.0. The maximum atomic E-state index is 2.54. The number of aromatic nitrogens is 1. The number of nitrogens with zero attached hydrogens (tertiary/aromatic N) is 2. The molecule has 1 spiro atoms. The Hall–Kier alpha value is -7.68. The van der Waals surface area contributed by atoms with Crippen LogP contribution in [-0.4, -0.2) is 4.57 Å². The first-order valence-electron chi connectivity index (χ1n) is 21.3. The van der Waals surface area contributed by atoms with Gasteiger partial charge in [0, 0.05) is 33.2 Å². The van der Waals surface area contributed by atoms with Crippen molar-refractivity contribution >= 4 is 60.4 Å². The van der Waals surface area contributed by atoms with Crippen molar-refractivity contribution in [2.45, 2.75) is 19.3 Å². The molecule has 0 bridgehead atoms. The van der Waals surface area contributed by atoms with E-state index in [-0.39, 0.29) is 0 Å². The van der Waals surface area contributed by atoms with Crippen LogP contribution in [0.2, 0.25) is 0 Å². The Bertz CT molecular complexity index is 3490. The molecular formula is C59H40N2. The molecule has 13 rings (SSSR count). The van der Waals surface area contributed by atoms with E-state index < -0.39 is 5.41 Å². The normalized spacial score (nSPS) is 13.2. The van der Waals surface area contributed by atoms with Gasteiger partial charge in [-0.05, 0) is 129 Å². The van der Waals surface area contributed by atoms with Gasteiger partial charge in [-0.25, -0.2) is 0 Å². The van der Waals surface area contributed by atoms with E-state index in [1.165, 1.54) is 105 Å². The summed E-state index contributed by atoms with van der Waals surface area (Å²) in [6.07, 6.45) is 0. The van der Waals surface area contributed by atoms with Crippen molar-refractivity contribution in [2.75, 3.05) is 4.90 Å². The molecule has 11 aromatic rings. The van der Waals surface area contributed by atoms with Gasteiger partial charge in [0.2, 0.25) is 0 Å². The lowest BCUT2D eigenvalue weighted by Crippen LogP contribution is -2.30. The first kappa shape index (κ1) is 34.2. The fourth-order valence-corrected chi connectivity index (χ4v) is 11.1. The van der Waals surface area contributed by atoms with Crippen molar-refractivity contribution in [2.24, 2.45) is 0 Å². The molecule has 2 aliphatic carbocycles. The Labute approximate surface area is 355 Å². The third kappa shape index (κ3) is 4.62. The second-order valence-electron chi connectivity index (χ2n) is 17.0. The van der Waals surface area contributed by atoms with Crippen LogP contribution in [0.3, 0.4) is 0 Å². The lowest BCUT2D eigenvalue weighted by molar-refractivity contribution is 0.783. The number of hydrogen-bond donors (Lipinski definition) is 0. The quantitative estimate of drug-likeness (QED) is 0.169. The molecule has 0 saturated heterocycles. The number of aryl methyl sites for hydroxylation is 2. The Balaban J connectivity index is 1.10. The molecule has 286 valence electrons. The summed E-state index contributed by atoms with van der Waals surface area (Å²) < 4.78 is 2.54. The average molecular weight is 777 g/mol. The molecule has 0 saturated carbocycles. The van der Waals surface area contributed by atoms with E-state index in [1.807, 2.05) is 0 Å². The van der Waals surface area contributed by atoms with Gasteiger partial charge in [0.25, 0.3) is 0 Å². The highest BCUT2D eigenvalue weighted by atomic mass is 15.1. The summed E-state index contributed by atoms with van der Waals surface area (Å²) in [6, 6.07) is 77.3. The molecule has 2 heteroatoms. The van der Waals surface area contributed by atoms with Gasteiger partial charge >= 0.3 is 0 Å². The van der Waals surface area contributed by atoms with Crippen LogP contribution in [0.15, 0.2) is 206 Å². The number of benzene rings is 10. The first-order chi connectivity index (χ1) is 30.1. The van der Waals surface area contributed by atoms with E-state index in [2.05, 4.69) is 230 Å². The molecule has 0 unspecified atom stereocenters. The molecule has 0 N–H and O–H groups in total. The summed E-state index contributed by atoms with van der Waals surface area (Å²) in [5, 5.41) is 7.79. The van der Waals surface area contributed by atoms with Gasteiger partial charge in [-0.15, -0.1) is 0 Å². The third-order valence-electron chi connectivity index (χ3n) is 13.7. The van der Waals surface area contributed by atoms with Gasteiger partial charge < -0.3 is 9.47 Å². The van der Waals surface area contributed by atoms with Crippen LogP contribution in [0.25, 0.3) is 71.3 Å². The minimum absolute atomic E-state index is 0.484. The van der Waals surface area contributed by atoms with Crippen LogP contribution in [0.1, 0.15) is 33.4 Å². The summed E-state index contributed by atoms with van der Waals surface area (Å²) in [4.78, 5) is 2.36. The molecule has 2 aliphatic rings. The van der Waals surface area contributed by atoms with Crippen LogP contribution >= 0.6 is 0 Å². The predicted octanol–water partition coefficient (Wildman–Crippen LogP) is 15.5. The first-order valence-corrected chi connectivity index (χ1v) is 21.3. The summed E-state index contributed by atoms with van der Waals surface area (Å²) in [6.45, 7) is 4.29. The standard InChI is InChI=1S/C59H40N2/c1-37-21-27-41(28-22-37)60(42-29-23-38(2)24-30-42)43-31-25-40(26-32-43)44-33-35-52-56-48(44)34-36-55-58(56)57-51(59(52)49-16-7-5-14-46(49)47-15-6-8-17-50(47)59)18-10-20-54(57)61(55)53-19-9-12-39-11-3-4-13-45(39)53/h3-36H,1-2H3.